The fourth-order valence-electron chi connectivity index (χ4n) is 4.48. The van der Waals surface area contributed by atoms with Crippen molar-refractivity contribution in [2.45, 2.75) is 13.5 Å². The van der Waals surface area contributed by atoms with Crippen LogP contribution in [-0.2, 0) is 6.61 Å². The van der Waals surface area contributed by atoms with E-state index in [0.717, 1.165) is 21.2 Å². The quantitative estimate of drug-likeness (QED) is 0.116. The van der Waals surface area contributed by atoms with Crippen LogP contribution in [0.1, 0.15) is 16.7 Å². The lowest BCUT2D eigenvalue weighted by Gasteiger charge is -2.09. The normalized spacial score (nSPS) is 11.5. The van der Waals surface area contributed by atoms with Gasteiger partial charge in [-0.05, 0) is 61.0 Å². The molecule has 41 heavy (non-hydrogen) atoms. The molecule has 0 fully saturated rings. The van der Waals surface area contributed by atoms with Crippen molar-refractivity contribution in [3.8, 4) is 17.3 Å². The summed E-state index contributed by atoms with van der Waals surface area (Å²) in [7, 11) is 0. The number of nitro groups is 1. The zero-order valence-corrected chi connectivity index (χ0v) is 22.4. The molecule has 6 rings (SSSR count). The molecular formula is C31H21ClN4O5. The molecule has 10 heteroatoms. The van der Waals surface area contributed by atoms with Gasteiger partial charge < -0.3 is 9.15 Å². The Hall–Kier alpha value is -5.28. The van der Waals surface area contributed by atoms with E-state index in [1.54, 1.807) is 54.6 Å². The lowest BCUT2D eigenvalue weighted by Crippen LogP contribution is -2.20. The minimum absolute atomic E-state index is 0.125. The standard InChI is InChI=1S/C31H21ClN4O5/c1-19-5-4-6-21(13-19)18-40-28-11-9-20(14-26(28)36(38)39)17-33-35-30(34-25-8-3-2-7-24(25)31(35)37)29-16-22-15-23(32)10-12-27(22)41-29/h2-17H,18H2,1H3. The van der Waals surface area contributed by atoms with E-state index in [1.807, 2.05) is 31.2 Å². The minimum atomic E-state index is -0.516. The van der Waals surface area contributed by atoms with Crippen molar-refractivity contribution >= 4 is 45.4 Å². The monoisotopic (exact) mass is 564 g/mol. The fourth-order valence-corrected chi connectivity index (χ4v) is 4.66. The Morgan fingerprint density at radius 1 is 1.05 bits per heavy atom. The highest BCUT2D eigenvalue weighted by Gasteiger charge is 2.18. The number of benzene rings is 4. The van der Waals surface area contributed by atoms with E-state index >= 15 is 0 Å². The highest BCUT2D eigenvalue weighted by atomic mass is 35.5. The molecular weight excluding hydrogens is 544 g/mol. The van der Waals surface area contributed by atoms with E-state index in [4.69, 9.17) is 20.8 Å². The maximum Gasteiger partial charge on any atom is 0.311 e. The third-order valence-corrected chi connectivity index (χ3v) is 6.67. The van der Waals surface area contributed by atoms with E-state index in [1.165, 1.54) is 18.3 Å². The second-order valence-electron chi connectivity index (χ2n) is 9.37. The van der Waals surface area contributed by atoms with Crippen LogP contribution in [0.2, 0.25) is 5.02 Å². The molecule has 202 valence electrons. The Labute approximate surface area is 238 Å². The summed E-state index contributed by atoms with van der Waals surface area (Å²) in [6.07, 6.45) is 1.36. The smallest absolute Gasteiger partial charge is 0.311 e. The molecule has 2 aromatic heterocycles. The number of aromatic nitrogens is 2. The largest absolute Gasteiger partial charge is 0.482 e. The number of nitro benzene ring substituents is 1. The molecule has 0 amide bonds. The van der Waals surface area contributed by atoms with Gasteiger partial charge in [-0.15, -0.1) is 0 Å². The zero-order chi connectivity index (χ0) is 28.5. The first-order valence-electron chi connectivity index (χ1n) is 12.6. The lowest BCUT2D eigenvalue weighted by atomic mass is 10.1. The van der Waals surface area contributed by atoms with Crippen LogP contribution in [0.15, 0.2) is 105 Å². The van der Waals surface area contributed by atoms with Gasteiger partial charge in [0.25, 0.3) is 5.56 Å². The minimum Gasteiger partial charge on any atom is -0.482 e. The van der Waals surface area contributed by atoms with Gasteiger partial charge in [0, 0.05) is 22.0 Å². The molecule has 0 aliphatic rings. The second-order valence-corrected chi connectivity index (χ2v) is 9.81. The maximum absolute atomic E-state index is 13.5. The van der Waals surface area contributed by atoms with Crippen molar-refractivity contribution in [3.05, 3.63) is 133 Å². The Morgan fingerprint density at radius 3 is 2.73 bits per heavy atom. The average Bonchev–Trinajstić information content (AvgIpc) is 3.39. The van der Waals surface area contributed by atoms with E-state index in [0.29, 0.717) is 32.8 Å². The Kier molecular flexibility index (Phi) is 6.78. The summed E-state index contributed by atoms with van der Waals surface area (Å²) in [5, 5.41) is 17.9. The summed E-state index contributed by atoms with van der Waals surface area (Å²) in [6.45, 7) is 2.14. The molecule has 0 N–H and O–H groups in total. The average molecular weight is 565 g/mol. The first kappa shape index (κ1) is 26.0. The highest BCUT2D eigenvalue weighted by molar-refractivity contribution is 6.31. The molecule has 0 atom stereocenters. The van der Waals surface area contributed by atoms with Gasteiger partial charge in [0.1, 0.15) is 12.2 Å². The predicted octanol–water partition coefficient (Wildman–Crippen LogP) is 7.14. The molecule has 0 aliphatic heterocycles. The SMILES string of the molecule is Cc1cccc(COc2ccc(C=Nn3c(-c4cc5cc(Cl)ccc5o4)nc4ccccc4c3=O)cc2[N+](=O)[O-])c1. The van der Waals surface area contributed by atoms with Crippen LogP contribution in [-0.4, -0.2) is 20.8 Å². The molecule has 0 bridgehead atoms. The van der Waals surface area contributed by atoms with Gasteiger partial charge in [-0.3, -0.25) is 14.9 Å². The van der Waals surface area contributed by atoms with Gasteiger partial charge in [-0.25, -0.2) is 4.98 Å². The van der Waals surface area contributed by atoms with Crippen LogP contribution in [0.4, 0.5) is 5.69 Å². The van der Waals surface area contributed by atoms with E-state index < -0.39 is 10.5 Å². The molecule has 0 saturated carbocycles. The first-order valence-corrected chi connectivity index (χ1v) is 13.0. The molecule has 4 aromatic carbocycles. The lowest BCUT2D eigenvalue weighted by molar-refractivity contribution is -0.385. The number of halogens is 1. The zero-order valence-electron chi connectivity index (χ0n) is 21.7. The summed E-state index contributed by atoms with van der Waals surface area (Å²) >= 11 is 6.14. The van der Waals surface area contributed by atoms with Crippen molar-refractivity contribution in [2.24, 2.45) is 5.10 Å². The summed E-state index contributed by atoms with van der Waals surface area (Å²) in [5.74, 6) is 0.609. The molecule has 0 saturated heterocycles. The third-order valence-electron chi connectivity index (χ3n) is 6.43. The topological polar surface area (TPSA) is 113 Å². The second kappa shape index (κ2) is 10.7. The van der Waals surface area contributed by atoms with E-state index in [-0.39, 0.29) is 23.9 Å². The van der Waals surface area contributed by atoms with E-state index in [9.17, 15) is 14.9 Å². The number of ether oxygens (including phenoxy) is 1. The van der Waals surface area contributed by atoms with Crippen molar-refractivity contribution in [2.75, 3.05) is 0 Å². The number of hydrogen-bond acceptors (Lipinski definition) is 7. The van der Waals surface area contributed by atoms with Crippen molar-refractivity contribution in [1.29, 1.82) is 0 Å². The van der Waals surface area contributed by atoms with Gasteiger partial charge in [-0.2, -0.15) is 9.78 Å². The van der Waals surface area contributed by atoms with Crippen LogP contribution >= 0.6 is 11.6 Å². The predicted molar refractivity (Wildman–Crippen MR) is 158 cm³/mol. The summed E-state index contributed by atoms with van der Waals surface area (Å²) in [4.78, 5) is 29.5. The van der Waals surface area contributed by atoms with Gasteiger partial charge in [0.15, 0.2) is 11.5 Å². The van der Waals surface area contributed by atoms with Crippen molar-refractivity contribution < 1.29 is 14.1 Å². The Bertz CT molecular complexity index is 2050. The third kappa shape index (κ3) is 5.30. The number of fused-ring (bicyclic) bond motifs is 2. The molecule has 2 heterocycles. The van der Waals surface area contributed by atoms with Gasteiger partial charge in [0.2, 0.25) is 5.82 Å². The van der Waals surface area contributed by atoms with Crippen LogP contribution in [0.5, 0.6) is 5.75 Å². The summed E-state index contributed by atoms with van der Waals surface area (Å²) < 4.78 is 12.9. The summed E-state index contributed by atoms with van der Waals surface area (Å²) in [6, 6.07) is 26.0. The number of hydrogen-bond donors (Lipinski definition) is 0. The highest BCUT2D eigenvalue weighted by Crippen LogP contribution is 2.30. The Morgan fingerprint density at radius 2 is 1.90 bits per heavy atom. The number of nitrogens with zero attached hydrogens (tertiary/aromatic N) is 4. The van der Waals surface area contributed by atoms with Crippen LogP contribution < -0.4 is 10.3 Å². The molecule has 6 aromatic rings. The maximum atomic E-state index is 13.5. The Balaban J connectivity index is 1.39. The fraction of sp³-hybridized carbons (Fsp3) is 0.0645. The number of para-hydroxylation sites is 1. The molecule has 0 aliphatic carbocycles. The van der Waals surface area contributed by atoms with Crippen molar-refractivity contribution in [3.63, 3.8) is 0 Å². The van der Waals surface area contributed by atoms with Crippen LogP contribution in [0, 0.1) is 17.0 Å². The number of furan rings is 1. The van der Waals surface area contributed by atoms with Crippen LogP contribution in [0.3, 0.4) is 0 Å². The van der Waals surface area contributed by atoms with Gasteiger partial charge >= 0.3 is 5.69 Å². The number of rotatable bonds is 7. The van der Waals surface area contributed by atoms with Gasteiger partial charge in [-0.1, -0.05) is 53.6 Å². The van der Waals surface area contributed by atoms with Crippen molar-refractivity contribution in [1.82, 2.24) is 9.66 Å². The molecule has 0 spiro atoms. The molecule has 0 radical (unpaired) electrons. The molecule has 9 nitrogen and oxygen atoms in total. The van der Waals surface area contributed by atoms with E-state index in [2.05, 4.69) is 10.1 Å². The first-order chi connectivity index (χ1) is 19.9. The summed E-state index contributed by atoms with van der Waals surface area (Å²) in [5.41, 5.74) is 2.75. The van der Waals surface area contributed by atoms with Crippen LogP contribution in [0.25, 0.3) is 33.5 Å². The number of aryl methyl sites for hydroxylation is 1. The molecule has 0 unspecified atom stereocenters. The van der Waals surface area contributed by atoms with Gasteiger partial charge in [0.05, 0.1) is 22.0 Å².